The van der Waals surface area contributed by atoms with Gasteiger partial charge in [0.1, 0.15) is 19.0 Å². The molecule has 182 valence electrons. The summed E-state index contributed by atoms with van der Waals surface area (Å²) >= 11 is 0. The van der Waals surface area contributed by atoms with E-state index >= 15 is 0 Å². The molecule has 3 heterocycles. The number of hydrogen-bond donors (Lipinski definition) is 0. The Hall–Kier alpha value is -2.78. The molecule has 0 saturated carbocycles. The van der Waals surface area contributed by atoms with E-state index in [1.54, 1.807) is 31.4 Å². The predicted molar refractivity (Wildman–Crippen MR) is 126 cm³/mol. The van der Waals surface area contributed by atoms with Gasteiger partial charge in [-0.1, -0.05) is 6.07 Å². The Morgan fingerprint density at radius 2 is 1.71 bits per heavy atom. The van der Waals surface area contributed by atoms with Crippen molar-refractivity contribution in [3.63, 3.8) is 0 Å². The van der Waals surface area contributed by atoms with Crippen LogP contribution in [0.2, 0.25) is 0 Å². The van der Waals surface area contributed by atoms with Crippen LogP contribution >= 0.6 is 0 Å². The number of ether oxygens (including phenoxy) is 3. The third-order valence-electron chi connectivity index (χ3n) is 6.92. The van der Waals surface area contributed by atoms with Crippen LogP contribution in [0.4, 0.5) is 0 Å². The molecule has 0 N–H and O–H groups in total. The number of amides is 1. The first-order valence-electron chi connectivity index (χ1n) is 11.8. The molecule has 2 aromatic rings. The maximum absolute atomic E-state index is 13.6. The van der Waals surface area contributed by atoms with E-state index in [0.717, 1.165) is 29.9 Å². The van der Waals surface area contributed by atoms with Gasteiger partial charge in [0.2, 0.25) is 15.9 Å². The molecule has 2 fully saturated rings. The van der Waals surface area contributed by atoms with Gasteiger partial charge in [0.25, 0.3) is 0 Å². The number of nitrogens with zero attached hydrogens (tertiary/aromatic N) is 2. The summed E-state index contributed by atoms with van der Waals surface area (Å²) in [6.07, 6.45) is 3.16. The zero-order valence-electron chi connectivity index (χ0n) is 19.3. The molecule has 8 nitrogen and oxygen atoms in total. The molecule has 1 amide bonds. The van der Waals surface area contributed by atoms with Crippen LogP contribution in [-0.4, -0.2) is 63.5 Å². The van der Waals surface area contributed by atoms with Gasteiger partial charge < -0.3 is 19.1 Å². The first-order chi connectivity index (χ1) is 16.5. The van der Waals surface area contributed by atoms with Crippen LogP contribution in [0.1, 0.15) is 37.3 Å². The molecule has 2 atom stereocenters. The number of fused-ring (bicyclic) bond motifs is 1. The minimum atomic E-state index is -3.68. The summed E-state index contributed by atoms with van der Waals surface area (Å²) in [5, 5.41) is 0. The van der Waals surface area contributed by atoms with Crippen LogP contribution < -0.4 is 14.2 Å². The van der Waals surface area contributed by atoms with E-state index < -0.39 is 10.0 Å². The molecule has 0 aliphatic carbocycles. The van der Waals surface area contributed by atoms with Crippen LogP contribution in [0.15, 0.2) is 47.4 Å². The summed E-state index contributed by atoms with van der Waals surface area (Å²) < 4.78 is 44.4. The number of likely N-dealkylation sites (tertiary alicyclic amines) is 1. The molecule has 2 unspecified atom stereocenters. The number of benzene rings is 2. The summed E-state index contributed by atoms with van der Waals surface area (Å²) in [6, 6.07) is 12.3. The molecule has 2 aromatic carbocycles. The zero-order chi connectivity index (χ0) is 23.7. The zero-order valence-corrected chi connectivity index (χ0v) is 20.1. The van der Waals surface area contributed by atoms with Crippen molar-refractivity contribution in [3.8, 4) is 17.2 Å². The van der Waals surface area contributed by atoms with Crippen molar-refractivity contribution in [2.45, 2.75) is 36.6 Å². The quantitative estimate of drug-likeness (QED) is 0.645. The average molecular weight is 487 g/mol. The van der Waals surface area contributed by atoms with E-state index in [-0.39, 0.29) is 29.3 Å². The Kier molecular flexibility index (Phi) is 6.40. The summed E-state index contributed by atoms with van der Waals surface area (Å²) in [5.74, 6) is 1.74. The van der Waals surface area contributed by atoms with Crippen molar-refractivity contribution in [2.24, 2.45) is 5.92 Å². The second kappa shape index (κ2) is 9.46. The average Bonchev–Trinajstić information content (AvgIpc) is 3.38. The van der Waals surface area contributed by atoms with E-state index in [9.17, 15) is 13.2 Å². The fourth-order valence-corrected chi connectivity index (χ4v) is 6.66. The molecule has 34 heavy (non-hydrogen) atoms. The Balaban J connectivity index is 1.32. The number of carbonyl (C=O) groups is 1. The van der Waals surface area contributed by atoms with E-state index in [1.165, 1.54) is 4.31 Å². The largest absolute Gasteiger partial charge is 0.497 e. The highest BCUT2D eigenvalue weighted by atomic mass is 32.2. The van der Waals surface area contributed by atoms with Crippen molar-refractivity contribution in [1.82, 2.24) is 9.21 Å². The molecular formula is C25H30N2O6S. The molecule has 3 aliphatic heterocycles. The molecular weight excluding hydrogens is 456 g/mol. The number of hydrogen-bond acceptors (Lipinski definition) is 6. The third kappa shape index (κ3) is 4.34. The van der Waals surface area contributed by atoms with E-state index in [4.69, 9.17) is 14.2 Å². The highest BCUT2D eigenvalue weighted by molar-refractivity contribution is 7.89. The molecule has 0 aromatic heterocycles. The van der Waals surface area contributed by atoms with Gasteiger partial charge in [-0.05, 0) is 67.6 Å². The number of rotatable bonds is 5. The number of piperidine rings is 1. The van der Waals surface area contributed by atoms with Gasteiger partial charge in [-0.15, -0.1) is 0 Å². The van der Waals surface area contributed by atoms with Gasteiger partial charge in [0, 0.05) is 19.6 Å². The minimum absolute atomic E-state index is 0.0306. The molecule has 9 heteroatoms. The summed E-state index contributed by atoms with van der Waals surface area (Å²) in [5.41, 5.74) is 1.04. The molecule has 2 saturated heterocycles. The lowest BCUT2D eigenvalue weighted by molar-refractivity contribution is -0.137. The Morgan fingerprint density at radius 1 is 0.971 bits per heavy atom. The highest BCUT2D eigenvalue weighted by Gasteiger charge is 2.39. The topological polar surface area (TPSA) is 85.4 Å². The fraction of sp³-hybridized carbons (Fsp3) is 0.480. The lowest BCUT2D eigenvalue weighted by Crippen LogP contribution is -2.46. The molecule has 0 spiro atoms. The Morgan fingerprint density at radius 3 is 2.47 bits per heavy atom. The lowest BCUT2D eigenvalue weighted by atomic mass is 9.96. The van der Waals surface area contributed by atoms with Gasteiger partial charge in [-0.25, -0.2) is 8.42 Å². The smallest absolute Gasteiger partial charge is 0.243 e. The van der Waals surface area contributed by atoms with E-state index in [1.807, 2.05) is 23.1 Å². The van der Waals surface area contributed by atoms with Crippen LogP contribution in [-0.2, 0) is 14.8 Å². The van der Waals surface area contributed by atoms with Crippen molar-refractivity contribution >= 4 is 15.9 Å². The van der Waals surface area contributed by atoms with Crippen LogP contribution in [0, 0.1) is 5.92 Å². The second-order valence-electron chi connectivity index (χ2n) is 8.97. The van der Waals surface area contributed by atoms with Gasteiger partial charge in [0.05, 0.1) is 24.0 Å². The third-order valence-corrected chi connectivity index (χ3v) is 8.80. The van der Waals surface area contributed by atoms with Gasteiger partial charge in [-0.3, -0.25) is 4.79 Å². The second-order valence-corrected chi connectivity index (χ2v) is 10.9. The molecule has 0 radical (unpaired) electrons. The Labute approximate surface area is 200 Å². The first-order valence-corrected chi connectivity index (χ1v) is 13.3. The van der Waals surface area contributed by atoms with Crippen molar-refractivity contribution in [1.29, 1.82) is 0 Å². The number of carbonyl (C=O) groups excluding carboxylic acids is 1. The van der Waals surface area contributed by atoms with Crippen LogP contribution in [0.25, 0.3) is 0 Å². The molecule has 5 rings (SSSR count). The van der Waals surface area contributed by atoms with Gasteiger partial charge >= 0.3 is 0 Å². The van der Waals surface area contributed by atoms with Crippen molar-refractivity contribution in [2.75, 3.05) is 40.0 Å². The highest BCUT2D eigenvalue weighted by Crippen LogP contribution is 2.39. The van der Waals surface area contributed by atoms with Crippen molar-refractivity contribution in [3.05, 3.63) is 48.0 Å². The Bertz CT molecular complexity index is 1150. The normalized spacial score (nSPS) is 23.0. The standard InChI is InChI=1S/C25H30N2O6S/c1-31-20-7-9-21(10-8-20)34(29,30)26-12-2-4-19(17-26)25(28)27-13-3-5-22(27)18-6-11-23-24(16-18)33-15-14-32-23/h6-11,16,19,22H,2-5,12-15,17H2,1H3. The van der Waals surface area contributed by atoms with Gasteiger partial charge in [0.15, 0.2) is 11.5 Å². The van der Waals surface area contributed by atoms with E-state index in [0.29, 0.717) is 44.9 Å². The van der Waals surface area contributed by atoms with Crippen molar-refractivity contribution < 1.29 is 27.4 Å². The van der Waals surface area contributed by atoms with Crippen LogP contribution in [0.3, 0.4) is 0 Å². The minimum Gasteiger partial charge on any atom is -0.497 e. The number of sulfonamides is 1. The fourth-order valence-electron chi connectivity index (χ4n) is 5.14. The first kappa shape index (κ1) is 23.0. The monoisotopic (exact) mass is 486 g/mol. The SMILES string of the molecule is COc1ccc(S(=O)(=O)N2CCCC(C(=O)N3CCCC3c3ccc4c(c3)OCCO4)C2)cc1. The van der Waals surface area contributed by atoms with Crippen LogP contribution in [0.5, 0.6) is 17.2 Å². The summed E-state index contributed by atoms with van der Waals surface area (Å²) in [6.45, 7) is 2.36. The maximum atomic E-state index is 13.6. The predicted octanol–water partition coefficient (Wildman–Crippen LogP) is 3.23. The molecule has 3 aliphatic rings. The summed E-state index contributed by atoms with van der Waals surface area (Å²) in [4.78, 5) is 15.7. The number of methoxy groups -OCH3 is 1. The lowest BCUT2D eigenvalue weighted by Gasteiger charge is -2.35. The van der Waals surface area contributed by atoms with Gasteiger partial charge in [-0.2, -0.15) is 4.31 Å². The maximum Gasteiger partial charge on any atom is 0.243 e. The van der Waals surface area contributed by atoms with E-state index in [2.05, 4.69) is 0 Å². The summed E-state index contributed by atoms with van der Waals surface area (Å²) in [7, 11) is -2.13. The molecule has 0 bridgehead atoms.